The summed E-state index contributed by atoms with van der Waals surface area (Å²) in [5.41, 5.74) is 0.404. The molecule has 88 valence electrons. The molecule has 1 aromatic heterocycles. The molecule has 0 aliphatic heterocycles. The molecule has 1 amide bonds. The van der Waals surface area contributed by atoms with Crippen LogP contribution >= 0.6 is 0 Å². The zero-order valence-electron chi connectivity index (χ0n) is 9.84. The number of hydrogen-bond donors (Lipinski definition) is 1. The van der Waals surface area contributed by atoms with Crippen molar-refractivity contribution in [2.45, 2.75) is 0 Å². The van der Waals surface area contributed by atoms with Gasteiger partial charge in [-0.15, -0.1) is 0 Å². The topological polar surface area (TPSA) is 56.7 Å². The monoisotopic (exact) mass is 223 g/mol. The lowest BCUT2D eigenvalue weighted by Crippen LogP contribution is -2.33. The number of aromatic nitrogens is 1. The summed E-state index contributed by atoms with van der Waals surface area (Å²) in [7, 11) is 5.64. The molecule has 0 atom stereocenters. The predicted molar refractivity (Wildman–Crippen MR) is 61.4 cm³/mol. The molecule has 16 heavy (non-hydrogen) atoms. The molecule has 5 nitrogen and oxygen atoms in total. The molecule has 0 radical (unpaired) electrons. The molecule has 0 fully saturated rings. The maximum Gasteiger partial charge on any atom is 0.255 e. The lowest BCUT2D eigenvalue weighted by molar-refractivity contribution is 0.0785. The van der Waals surface area contributed by atoms with Crippen molar-refractivity contribution >= 4 is 5.91 Å². The maximum absolute atomic E-state index is 11.9. The largest absolute Gasteiger partial charge is 0.506 e. The fraction of sp³-hybridized carbons (Fsp3) is 0.455. The minimum atomic E-state index is -0.134. The first kappa shape index (κ1) is 12.4. The van der Waals surface area contributed by atoms with E-state index in [0.29, 0.717) is 12.1 Å². The summed E-state index contributed by atoms with van der Waals surface area (Å²) >= 11 is 0. The van der Waals surface area contributed by atoms with E-state index in [0.717, 1.165) is 6.54 Å². The van der Waals surface area contributed by atoms with E-state index in [1.807, 2.05) is 19.0 Å². The van der Waals surface area contributed by atoms with Gasteiger partial charge in [-0.05, 0) is 20.2 Å². The van der Waals surface area contributed by atoms with Gasteiger partial charge in [-0.2, -0.15) is 0 Å². The molecule has 0 saturated carbocycles. The Hall–Kier alpha value is -1.62. The second-order valence-electron chi connectivity index (χ2n) is 3.96. The van der Waals surface area contributed by atoms with Crippen LogP contribution in [0.5, 0.6) is 5.75 Å². The van der Waals surface area contributed by atoms with Gasteiger partial charge in [0.2, 0.25) is 0 Å². The molecule has 1 aromatic rings. The number of amides is 1. The average Bonchev–Trinajstić information content (AvgIpc) is 2.24. The number of carbonyl (C=O) groups is 1. The fourth-order valence-corrected chi connectivity index (χ4v) is 1.22. The standard InChI is InChI=1S/C11H17N3O2/c1-13(2)4-5-14(3)11(16)9-6-10(15)8-12-7-9/h6-8,15H,4-5H2,1-3H3. The first-order valence-electron chi connectivity index (χ1n) is 5.05. The molecular formula is C11H17N3O2. The van der Waals surface area contributed by atoms with Crippen LogP contribution in [0.2, 0.25) is 0 Å². The summed E-state index contributed by atoms with van der Waals surface area (Å²) in [6.07, 6.45) is 2.75. The normalized spacial score (nSPS) is 10.5. The van der Waals surface area contributed by atoms with Crippen LogP contribution in [-0.2, 0) is 0 Å². The Kier molecular flexibility index (Phi) is 4.25. The molecule has 0 spiro atoms. The summed E-state index contributed by atoms with van der Waals surface area (Å²) < 4.78 is 0. The number of rotatable bonds is 4. The van der Waals surface area contributed by atoms with Gasteiger partial charge in [-0.1, -0.05) is 0 Å². The van der Waals surface area contributed by atoms with E-state index < -0.39 is 0 Å². The first-order chi connectivity index (χ1) is 7.50. The Bertz CT molecular complexity index is 366. The Morgan fingerprint density at radius 1 is 1.31 bits per heavy atom. The highest BCUT2D eigenvalue weighted by atomic mass is 16.3. The zero-order valence-corrected chi connectivity index (χ0v) is 9.84. The number of nitrogens with zero attached hydrogens (tertiary/aromatic N) is 3. The number of carbonyl (C=O) groups excluding carboxylic acids is 1. The van der Waals surface area contributed by atoms with Crippen LogP contribution in [-0.4, -0.2) is 60.0 Å². The number of likely N-dealkylation sites (N-methyl/N-ethyl adjacent to an activating group) is 2. The van der Waals surface area contributed by atoms with Crippen molar-refractivity contribution in [2.24, 2.45) is 0 Å². The Balaban J connectivity index is 2.63. The van der Waals surface area contributed by atoms with Crippen LogP contribution in [0.4, 0.5) is 0 Å². The van der Waals surface area contributed by atoms with Gasteiger partial charge >= 0.3 is 0 Å². The molecule has 0 unspecified atom stereocenters. The maximum atomic E-state index is 11.9. The zero-order chi connectivity index (χ0) is 12.1. The number of hydrogen-bond acceptors (Lipinski definition) is 4. The fourth-order valence-electron chi connectivity index (χ4n) is 1.22. The van der Waals surface area contributed by atoms with Crippen molar-refractivity contribution in [1.29, 1.82) is 0 Å². The van der Waals surface area contributed by atoms with Gasteiger partial charge in [0.1, 0.15) is 5.75 Å². The molecule has 0 aliphatic rings. The Morgan fingerprint density at radius 2 is 2.00 bits per heavy atom. The van der Waals surface area contributed by atoms with E-state index in [2.05, 4.69) is 4.98 Å². The molecule has 0 aliphatic carbocycles. The third-order valence-corrected chi connectivity index (χ3v) is 2.20. The molecule has 0 bridgehead atoms. The van der Waals surface area contributed by atoms with Crippen LogP contribution < -0.4 is 0 Å². The highest BCUT2D eigenvalue weighted by molar-refractivity contribution is 5.94. The molecule has 0 saturated heterocycles. The van der Waals surface area contributed by atoms with Gasteiger partial charge in [0, 0.05) is 26.3 Å². The molecule has 1 rings (SSSR count). The summed E-state index contributed by atoms with van der Waals surface area (Å²) in [6.45, 7) is 1.44. The number of aromatic hydroxyl groups is 1. The van der Waals surface area contributed by atoms with Crippen molar-refractivity contribution in [1.82, 2.24) is 14.8 Å². The third-order valence-electron chi connectivity index (χ3n) is 2.20. The Labute approximate surface area is 95.3 Å². The van der Waals surface area contributed by atoms with E-state index in [-0.39, 0.29) is 11.7 Å². The quantitative estimate of drug-likeness (QED) is 0.803. The molecule has 0 aromatic carbocycles. The van der Waals surface area contributed by atoms with Gasteiger partial charge in [-0.25, -0.2) is 0 Å². The van der Waals surface area contributed by atoms with E-state index >= 15 is 0 Å². The first-order valence-corrected chi connectivity index (χ1v) is 5.05. The van der Waals surface area contributed by atoms with Crippen LogP contribution in [0.1, 0.15) is 10.4 Å². The predicted octanol–water partition coefficient (Wildman–Crippen LogP) is 0.421. The van der Waals surface area contributed by atoms with Gasteiger partial charge in [-0.3, -0.25) is 9.78 Å². The number of pyridine rings is 1. The lowest BCUT2D eigenvalue weighted by atomic mass is 10.2. The van der Waals surface area contributed by atoms with Crippen molar-refractivity contribution in [2.75, 3.05) is 34.2 Å². The minimum absolute atomic E-state index is 0.00635. The lowest BCUT2D eigenvalue weighted by Gasteiger charge is -2.19. The van der Waals surface area contributed by atoms with Crippen molar-refractivity contribution in [3.05, 3.63) is 24.0 Å². The highest BCUT2D eigenvalue weighted by Crippen LogP contribution is 2.10. The van der Waals surface area contributed by atoms with Gasteiger partial charge in [0.15, 0.2) is 0 Å². The SMILES string of the molecule is CN(C)CCN(C)C(=O)c1cncc(O)c1. The van der Waals surface area contributed by atoms with E-state index in [4.69, 9.17) is 0 Å². The van der Waals surface area contributed by atoms with Crippen molar-refractivity contribution < 1.29 is 9.90 Å². The summed E-state index contributed by atoms with van der Waals surface area (Å²) in [6, 6.07) is 1.42. The summed E-state index contributed by atoms with van der Waals surface area (Å²) in [4.78, 5) is 19.3. The Morgan fingerprint density at radius 3 is 2.56 bits per heavy atom. The minimum Gasteiger partial charge on any atom is -0.506 e. The summed E-state index contributed by atoms with van der Waals surface area (Å²) in [5.74, 6) is -0.128. The van der Waals surface area contributed by atoms with Gasteiger partial charge < -0.3 is 14.9 Å². The van der Waals surface area contributed by atoms with Crippen molar-refractivity contribution in [3.63, 3.8) is 0 Å². The molecular weight excluding hydrogens is 206 g/mol. The van der Waals surface area contributed by atoms with Crippen LogP contribution in [0.15, 0.2) is 18.5 Å². The van der Waals surface area contributed by atoms with Crippen LogP contribution in [0, 0.1) is 0 Å². The molecule has 5 heteroatoms. The van der Waals surface area contributed by atoms with E-state index in [9.17, 15) is 9.90 Å². The van der Waals surface area contributed by atoms with Crippen molar-refractivity contribution in [3.8, 4) is 5.75 Å². The third kappa shape index (κ3) is 3.51. The van der Waals surface area contributed by atoms with Crippen LogP contribution in [0.25, 0.3) is 0 Å². The average molecular weight is 223 g/mol. The van der Waals surface area contributed by atoms with Gasteiger partial charge in [0.25, 0.3) is 5.91 Å². The smallest absolute Gasteiger partial charge is 0.255 e. The molecule has 1 N–H and O–H groups in total. The second kappa shape index (κ2) is 5.46. The highest BCUT2D eigenvalue weighted by Gasteiger charge is 2.12. The van der Waals surface area contributed by atoms with Crippen LogP contribution in [0.3, 0.4) is 0 Å². The van der Waals surface area contributed by atoms with Gasteiger partial charge in [0.05, 0.1) is 11.8 Å². The summed E-state index contributed by atoms with van der Waals surface area (Å²) in [5, 5.41) is 9.22. The second-order valence-corrected chi connectivity index (χ2v) is 3.96. The van der Waals surface area contributed by atoms with E-state index in [1.165, 1.54) is 18.5 Å². The molecule has 1 heterocycles. The van der Waals surface area contributed by atoms with E-state index in [1.54, 1.807) is 11.9 Å².